The molecule has 0 bridgehead atoms. The van der Waals surface area contributed by atoms with Gasteiger partial charge in [-0.1, -0.05) is 12.1 Å². The number of hydrogen-bond donors (Lipinski definition) is 2. The van der Waals surface area contributed by atoms with Crippen molar-refractivity contribution >= 4 is 5.69 Å². The minimum Gasteiger partial charge on any atom is -0.399 e. The summed E-state index contributed by atoms with van der Waals surface area (Å²) in [5.74, 6) is 0. The van der Waals surface area contributed by atoms with Crippen molar-refractivity contribution in [3.63, 3.8) is 0 Å². The van der Waals surface area contributed by atoms with Gasteiger partial charge in [0.25, 0.3) is 0 Å². The van der Waals surface area contributed by atoms with Gasteiger partial charge in [0, 0.05) is 11.3 Å². The molecule has 66 valence electrons. The summed E-state index contributed by atoms with van der Waals surface area (Å²) in [6.07, 6.45) is 0. The number of anilines is 1. The Morgan fingerprint density at radius 2 is 1.85 bits per heavy atom. The van der Waals surface area contributed by atoms with Crippen LogP contribution in [0.25, 0.3) is 11.3 Å². The van der Waals surface area contributed by atoms with Gasteiger partial charge in [0.2, 0.25) is 0 Å². The third kappa shape index (κ3) is 1.38. The van der Waals surface area contributed by atoms with Gasteiger partial charge in [-0.15, -0.1) is 0 Å². The number of hydrogen-bond acceptors (Lipinski definition) is 3. The fraction of sp³-hybridized carbons (Fsp3) is 0.111. The van der Waals surface area contributed by atoms with Crippen molar-refractivity contribution in [1.82, 2.24) is 15.4 Å². The summed E-state index contributed by atoms with van der Waals surface area (Å²) >= 11 is 0. The lowest BCUT2D eigenvalue weighted by Gasteiger charge is -1.97. The highest BCUT2D eigenvalue weighted by atomic mass is 15.3. The van der Waals surface area contributed by atoms with Crippen molar-refractivity contribution in [3.05, 3.63) is 30.0 Å². The Balaban J connectivity index is 2.47. The van der Waals surface area contributed by atoms with E-state index in [1.54, 1.807) is 0 Å². The Labute approximate surface area is 75.8 Å². The molecule has 1 aromatic heterocycles. The van der Waals surface area contributed by atoms with E-state index in [9.17, 15) is 0 Å². The van der Waals surface area contributed by atoms with E-state index in [1.165, 1.54) is 0 Å². The number of aromatic nitrogens is 3. The van der Waals surface area contributed by atoms with Gasteiger partial charge in [0.15, 0.2) is 0 Å². The molecule has 0 spiro atoms. The third-order valence-electron chi connectivity index (χ3n) is 1.91. The van der Waals surface area contributed by atoms with Crippen LogP contribution in [0.3, 0.4) is 0 Å². The van der Waals surface area contributed by atoms with E-state index in [0.717, 1.165) is 22.6 Å². The SMILES string of the molecule is Cc1n[nH]nc1-c1ccc(N)cc1. The molecule has 0 aliphatic rings. The topological polar surface area (TPSA) is 67.6 Å². The maximum absolute atomic E-state index is 5.57. The Hall–Kier alpha value is -1.84. The second kappa shape index (κ2) is 2.90. The van der Waals surface area contributed by atoms with E-state index in [0.29, 0.717) is 0 Å². The lowest BCUT2D eigenvalue weighted by molar-refractivity contribution is 0.929. The van der Waals surface area contributed by atoms with Gasteiger partial charge in [0.1, 0.15) is 5.69 Å². The average Bonchev–Trinajstić information content (AvgIpc) is 2.53. The fourth-order valence-electron chi connectivity index (χ4n) is 1.20. The normalized spacial score (nSPS) is 10.2. The maximum Gasteiger partial charge on any atom is 0.115 e. The van der Waals surface area contributed by atoms with Crippen LogP contribution in [-0.4, -0.2) is 15.4 Å². The molecule has 1 heterocycles. The zero-order valence-electron chi connectivity index (χ0n) is 7.28. The fourth-order valence-corrected chi connectivity index (χ4v) is 1.20. The van der Waals surface area contributed by atoms with Crippen LogP contribution >= 0.6 is 0 Å². The first kappa shape index (κ1) is 7.79. The highest BCUT2D eigenvalue weighted by molar-refractivity contribution is 5.63. The Bertz CT molecular complexity index is 402. The summed E-state index contributed by atoms with van der Waals surface area (Å²) in [5.41, 5.74) is 9.13. The zero-order chi connectivity index (χ0) is 9.26. The van der Waals surface area contributed by atoms with Crippen LogP contribution in [0.15, 0.2) is 24.3 Å². The molecule has 0 aliphatic carbocycles. The van der Waals surface area contributed by atoms with E-state index in [4.69, 9.17) is 5.73 Å². The van der Waals surface area contributed by atoms with Gasteiger partial charge in [-0.2, -0.15) is 15.4 Å². The van der Waals surface area contributed by atoms with Crippen LogP contribution in [0.5, 0.6) is 0 Å². The summed E-state index contributed by atoms with van der Waals surface area (Å²) in [7, 11) is 0. The van der Waals surface area contributed by atoms with E-state index in [-0.39, 0.29) is 0 Å². The predicted octanol–water partition coefficient (Wildman–Crippen LogP) is 1.36. The summed E-state index contributed by atoms with van der Waals surface area (Å²) < 4.78 is 0. The molecule has 1 aromatic carbocycles. The minimum absolute atomic E-state index is 0.755. The monoisotopic (exact) mass is 174 g/mol. The van der Waals surface area contributed by atoms with Crippen LogP contribution < -0.4 is 5.73 Å². The average molecular weight is 174 g/mol. The standard InChI is InChI=1S/C9H10N4/c1-6-9(12-13-11-6)7-2-4-8(10)5-3-7/h2-5H,10H2,1H3,(H,11,12,13). The van der Waals surface area contributed by atoms with E-state index >= 15 is 0 Å². The lowest BCUT2D eigenvalue weighted by Crippen LogP contribution is -1.85. The molecule has 2 rings (SSSR count). The molecule has 0 fully saturated rings. The van der Waals surface area contributed by atoms with E-state index in [2.05, 4.69) is 15.4 Å². The Morgan fingerprint density at radius 1 is 1.15 bits per heavy atom. The van der Waals surface area contributed by atoms with Crippen LogP contribution in [0, 0.1) is 6.92 Å². The summed E-state index contributed by atoms with van der Waals surface area (Å²) in [6.45, 7) is 1.91. The molecule has 3 N–H and O–H groups in total. The van der Waals surface area contributed by atoms with Crippen LogP contribution in [-0.2, 0) is 0 Å². The molecule has 0 radical (unpaired) electrons. The van der Waals surface area contributed by atoms with Crippen molar-refractivity contribution in [2.45, 2.75) is 6.92 Å². The van der Waals surface area contributed by atoms with Crippen LogP contribution in [0.4, 0.5) is 5.69 Å². The lowest BCUT2D eigenvalue weighted by atomic mass is 10.1. The van der Waals surface area contributed by atoms with Gasteiger partial charge < -0.3 is 5.73 Å². The summed E-state index contributed by atoms with van der Waals surface area (Å²) in [6, 6.07) is 7.56. The van der Waals surface area contributed by atoms with Crippen molar-refractivity contribution in [1.29, 1.82) is 0 Å². The smallest absolute Gasteiger partial charge is 0.115 e. The second-order valence-electron chi connectivity index (χ2n) is 2.88. The van der Waals surface area contributed by atoms with Gasteiger partial charge in [-0.05, 0) is 19.1 Å². The number of benzene rings is 1. The number of H-pyrrole nitrogens is 1. The number of nitrogens with two attached hydrogens (primary N) is 1. The van der Waals surface area contributed by atoms with Crippen molar-refractivity contribution < 1.29 is 0 Å². The summed E-state index contributed by atoms with van der Waals surface area (Å²) in [4.78, 5) is 0. The molecule has 4 nitrogen and oxygen atoms in total. The number of aryl methyl sites for hydroxylation is 1. The van der Waals surface area contributed by atoms with Crippen molar-refractivity contribution in [2.75, 3.05) is 5.73 Å². The van der Waals surface area contributed by atoms with Gasteiger partial charge in [-0.3, -0.25) is 0 Å². The molecular weight excluding hydrogens is 164 g/mol. The third-order valence-corrected chi connectivity index (χ3v) is 1.91. The first-order chi connectivity index (χ1) is 6.27. The highest BCUT2D eigenvalue weighted by Crippen LogP contribution is 2.19. The van der Waals surface area contributed by atoms with Crippen LogP contribution in [0.2, 0.25) is 0 Å². The quantitative estimate of drug-likeness (QED) is 0.641. The van der Waals surface area contributed by atoms with Gasteiger partial charge in [-0.25, -0.2) is 0 Å². The molecule has 0 aliphatic heterocycles. The number of nitrogen functional groups attached to an aromatic ring is 1. The van der Waals surface area contributed by atoms with Crippen LogP contribution in [0.1, 0.15) is 5.69 Å². The van der Waals surface area contributed by atoms with Crippen molar-refractivity contribution in [3.8, 4) is 11.3 Å². The first-order valence-electron chi connectivity index (χ1n) is 4.00. The number of rotatable bonds is 1. The molecule has 0 atom stereocenters. The van der Waals surface area contributed by atoms with Gasteiger partial charge in [0.05, 0.1) is 5.69 Å². The zero-order valence-corrected chi connectivity index (χ0v) is 7.28. The number of aromatic amines is 1. The minimum atomic E-state index is 0.755. The number of nitrogens with zero attached hydrogens (tertiary/aromatic N) is 2. The molecule has 0 saturated heterocycles. The molecule has 2 aromatic rings. The molecular formula is C9H10N4. The Kier molecular flexibility index (Phi) is 1.73. The molecule has 13 heavy (non-hydrogen) atoms. The van der Waals surface area contributed by atoms with E-state index in [1.807, 2.05) is 31.2 Å². The Morgan fingerprint density at radius 3 is 2.38 bits per heavy atom. The maximum atomic E-state index is 5.57. The summed E-state index contributed by atoms with van der Waals surface area (Å²) in [5, 5.41) is 10.6. The van der Waals surface area contributed by atoms with Gasteiger partial charge >= 0.3 is 0 Å². The van der Waals surface area contributed by atoms with Crippen molar-refractivity contribution in [2.24, 2.45) is 0 Å². The second-order valence-corrected chi connectivity index (χ2v) is 2.88. The predicted molar refractivity (Wildman–Crippen MR) is 51.0 cm³/mol. The van der Waals surface area contributed by atoms with E-state index < -0.39 is 0 Å². The molecule has 4 heteroatoms. The molecule has 0 saturated carbocycles. The first-order valence-corrected chi connectivity index (χ1v) is 4.00. The largest absolute Gasteiger partial charge is 0.399 e. The number of nitrogens with one attached hydrogen (secondary N) is 1. The molecule has 0 unspecified atom stereocenters. The highest BCUT2D eigenvalue weighted by Gasteiger charge is 2.04. The molecule has 0 amide bonds.